The topological polar surface area (TPSA) is 52.9 Å². The highest BCUT2D eigenvalue weighted by atomic mass is 16.5. The summed E-state index contributed by atoms with van der Waals surface area (Å²) in [5, 5.41) is 18.3. The van der Waals surface area contributed by atoms with E-state index in [0.29, 0.717) is 0 Å². The minimum absolute atomic E-state index is 0.145. The van der Waals surface area contributed by atoms with Gasteiger partial charge in [-0.1, -0.05) is 17.9 Å². The largest absolute Gasteiger partial charge is 0.495 e. The van der Waals surface area contributed by atoms with E-state index in [2.05, 4.69) is 16.7 Å². The molecule has 4 nitrogen and oxygen atoms in total. The summed E-state index contributed by atoms with van der Waals surface area (Å²) >= 11 is 0. The van der Waals surface area contributed by atoms with Gasteiger partial charge in [0.25, 0.3) is 0 Å². The van der Waals surface area contributed by atoms with Crippen molar-refractivity contribution in [1.82, 2.24) is 4.90 Å². The molecule has 20 heavy (non-hydrogen) atoms. The highest BCUT2D eigenvalue weighted by molar-refractivity contribution is 5.48. The van der Waals surface area contributed by atoms with Crippen LogP contribution in [-0.2, 0) is 6.54 Å². The van der Waals surface area contributed by atoms with Gasteiger partial charge in [-0.05, 0) is 30.5 Å². The Balaban J connectivity index is 2.08. The second kappa shape index (κ2) is 7.30. The van der Waals surface area contributed by atoms with Crippen LogP contribution in [0.25, 0.3) is 0 Å². The van der Waals surface area contributed by atoms with E-state index in [1.54, 1.807) is 7.11 Å². The van der Waals surface area contributed by atoms with Crippen LogP contribution in [0.3, 0.4) is 0 Å². The van der Waals surface area contributed by atoms with Crippen molar-refractivity contribution in [1.29, 1.82) is 0 Å². The molecule has 0 aliphatic carbocycles. The molecular formula is C16H21NO3. The molecule has 1 saturated heterocycles. The molecule has 108 valence electrons. The van der Waals surface area contributed by atoms with Crippen LogP contribution in [0.15, 0.2) is 18.2 Å². The average molecular weight is 275 g/mol. The number of nitrogens with zero attached hydrogens (tertiary/aromatic N) is 1. The van der Waals surface area contributed by atoms with Gasteiger partial charge >= 0.3 is 0 Å². The van der Waals surface area contributed by atoms with Crippen molar-refractivity contribution in [2.75, 3.05) is 26.8 Å². The molecule has 1 aromatic rings. The van der Waals surface area contributed by atoms with E-state index in [1.165, 1.54) is 5.56 Å². The van der Waals surface area contributed by atoms with Gasteiger partial charge in [-0.3, -0.25) is 4.90 Å². The molecule has 0 bridgehead atoms. The molecule has 1 fully saturated rings. The van der Waals surface area contributed by atoms with Gasteiger partial charge in [0.2, 0.25) is 0 Å². The van der Waals surface area contributed by atoms with Gasteiger partial charge in [-0.25, -0.2) is 0 Å². The Hall–Kier alpha value is -1.54. The van der Waals surface area contributed by atoms with Crippen LogP contribution in [0, 0.1) is 11.8 Å². The van der Waals surface area contributed by atoms with E-state index in [1.807, 2.05) is 18.2 Å². The third-order valence-electron chi connectivity index (χ3n) is 3.53. The number of methoxy groups -OCH3 is 1. The molecule has 2 rings (SSSR count). The summed E-state index contributed by atoms with van der Waals surface area (Å²) in [4.78, 5) is 2.33. The van der Waals surface area contributed by atoms with Crippen molar-refractivity contribution in [2.24, 2.45) is 0 Å². The molecule has 2 N–H and O–H groups in total. The maximum Gasteiger partial charge on any atom is 0.134 e. The number of aliphatic hydroxyl groups excluding tert-OH is 2. The van der Waals surface area contributed by atoms with Gasteiger partial charge in [0.15, 0.2) is 0 Å². The summed E-state index contributed by atoms with van der Waals surface area (Å²) in [6.07, 6.45) is 1.54. The maximum absolute atomic E-state index is 9.52. The molecule has 1 aromatic carbocycles. The maximum atomic E-state index is 9.52. The number of likely N-dealkylation sites (tertiary alicyclic amines) is 1. The lowest BCUT2D eigenvalue weighted by Gasteiger charge is -2.29. The lowest BCUT2D eigenvalue weighted by atomic mass is 10.1. The zero-order chi connectivity index (χ0) is 14.4. The highest BCUT2D eigenvalue weighted by Crippen LogP contribution is 2.21. The van der Waals surface area contributed by atoms with Crippen molar-refractivity contribution < 1.29 is 14.9 Å². The van der Waals surface area contributed by atoms with E-state index >= 15 is 0 Å². The van der Waals surface area contributed by atoms with Crippen molar-refractivity contribution in [3.05, 3.63) is 29.3 Å². The molecule has 0 unspecified atom stereocenters. The summed E-state index contributed by atoms with van der Waals surface area (Å²) in [7, 11) is 1.62. The normalized spacial score (nSPS) is 16.6. The third kappa shape index (κ3) is 3.97. The fraction of sp³-hybridized carbons (Fsp3) is 0.500. The Morgan fingerprint density at radius 2 is 2.10 bits per heavy atom. The van der Waals surface area contributed by atoms with E-state index in [9.17, 15) is 5.11 Å². The molecule has 1 aliphatic rings. The standard InChI is InChI=1S/C16H21NO3/c1-20-16-5-4-13(11-14(16)3-2-10-18)12-17-8-6-15(19)7-9-17/h4-5,11,15,18-19H,6-10,12H2,1H3. The van der Waals surface area contributed by atoms with Crippen molar-refractivity contribution >= 4 is 0 Å². The predicted octanol–water partition coefficient (Wildman–Crippen LogP) is 0.996. The molecule has 4 heteroatoms. The zero-order valence-corrected chi connectivity index (χ0v) is 11.8. The lowest BCUT2D eigenvalue weighted by Crippen LogP contribution is -2.35. The molecule has 0 saturated carbocycles. The van der Waals surface area contributed by atoms with E-state index in [0.717, 1.165) is 43.8 Å². The quantitative estimate of drug-likeness (QED) is 0.808. The molecule has 0 radical (unpaired) electrons. The van der Waals surface area contributed by atoms with Crippen LogP contribution in [0.5, 0.6) is 5.75 Å². The lowest BCUT2D eigenvalue weighted by molar-refractivity contribution is 0.0792. The van der Waals surface area contributed by atoms with Crippen molar-refractivity contribution in [2.45, 2.75) is 25.5 Å². The van der Waals surface area contributed by atoms with Crippen LogP contribution in [0.2, 0.25) is 0 Å². The van der Waals surface area contributed by atoms with E-state index in [4.69, 9.17) is 9.84 Å². The van der Waals surface area contributed by atoms with Gasteiger partial charge in [0.05, 0.1) is 18.8 Å². The average Bonchev–Trinajstić information content (AvgIpc) is 2.47. The van der Waals surface area contributed by atoms with Crippen LogP contribution < -0.4 is 4.74 Å². The number of hydrogen-bond donors (Lipinski definition) is 2. The summed E-state index contributed by atoms with van der Waals surface area (Å²) in [6.45, 7) is 2.54. The molecule has 0 amide bonds. The number of hydrogen-bond acceptors (Lipinski definition) is 4. The Labute approximate surface area is 120 Å². The Kier molecular flexibility index (Phi) is 5.42. The summed E-state index contributed by atoms with van der Waals surface area (Å²) < 4.78 is 5.27. The highest BCUT2D eigenvalue weighted by Gasteiger charge is 2.17. The van der Waals surface area contributed by atoms with Crippen LogP contribution in [0.4, 0.5) is 0 Å². The van der Waals surface area contributed by atoms with Crippen LogP contribution in [-0.4, -0.2) is 48.0 Å². The van der Waals surface area contributed by atoms with Gasteiger partial charge in [0, 0.05) is 19.6 Å². The minimum atomic E-state index is -0.155. The second-order valence-corrected chi connectivity index (χ2v) is 5.00. The fourth-order valence-corrected chi connectivity index (χ4v) is 2.42. The number of rotatable bonds is 3. The fourth-order valence-electron chi connectivity index (χ4n) is 2.42. The zero-order valence-electron chi connectivity index (χ0n) is 11.8. The summed E-state index contributed by atoms with van der Waals surface area (Å²) in [5.74, 6) is 6.30. The monoisotopic (exact) mass is 275 g/mol. The number of piperidine rings is 1. The van der Waals surface area contributed by atoms with Gasteiger partial charge in [-0.2, -0.15) is 0 Å². The third-order valence-corrected chi connectivity index (χ3v) is 3.53. The Morgan fingerprint density at radius 3 is 2.75 bits per heavy atom. The van der Waals surface area contributed by atoms with E-state index < -0.39 is 0 Å². The molecular weight excluding hydrogens is 254 g/mol. The van der Waals surface area contributed by atoms with Gasteiger partial charge in [-0.15, -0.1) is 0 Å². The van der Waals surface area contributed by atoms with E-state index in [-0.39, 0.29) is 12.7 Å². The van der Waals surface area contributed by atoms with Gasteiger partial charge < -0.3 is 14.9 Å². The first-order valence-corrected chi connectivity index (χ1v) is 6.90. The number of ether oxygens (including phenoxy) is 1. The first kappa shape index (κ1) is 14.9. The molecule has 1 heterocycles. The second-order valence-electron chi connectivity index (χ2n) is 5.00. The number of benzene rings is 1. The van der Waals surface area contributed by atoms with Crippen LogP contribution in [0.1, 0.15) is 24.0 Å². The molecule has 0 aromatic heterocycles. The van der Waals surface area contributed by atoms with Crippen LogP contribution >= 0.6 is 0 Å². The first-order valence-electron chi connectivity index (χ1n) is 6.90. The van der Waals surface area contributed by atoms with Gasteiger partial charge in [0.1, 0.15) is 12.4 Å². The van der Waals surface area contributed by atoms with Crippen molar-refractivity contribution in [3.8, 4) is 17.6 Å². The minimum Gasteiger partial charge on any atom is -0.495 e. The SMILES string of the molecule is COc1ccc(CN2CCC(O)CC2)cc1C#CCO. The summed E-state index contributed by atoms with van der Waals surface area (Å²) in [6, 6.07) is 5.95. The molecule has 0 atom stereocenters. The Morgan fingerprint density at radius 1 is 1.35 bits per heavy atom. The number of aliphatic hydroxyl groups is 2. The smallest absolute Gasteiger partial charge is 0.134 e. The summed E-state index contributed by atoms with van der Waals surface area (Å²) in [5.41, 5.74) is 1.97. The molecule has 1 aliphatic heterocycles. The first-order chi connectivity index (χ1) is 9.72. The molecule has 0 spiro atoms. The predicted molar refractivity (Wildman–Crippen MR) is 77.5 cm³/mol. The Bertz CT molecular complexity index is 496. The van der Waals surface area contributed by atoms with Crippen molar-refractivity contribution in [3.63, 3.8) is 0 Å².